The van der Waals surface area contributed by atoms with Crippen LogP contribution >= 0.6 is 0 Å². The second kappa shape index (κ2) is 9.47. The molecule has 0 radical (unpaired) electrons. The van der Waals surface area contributed by atoms with Gasteiger partial charge in [0.2, 0.25) is 6.79 Å². The number of ether oxygens (including phenoxy) is 4. The standard InChI is InChI=1S/C30H33N3O8/c1-6-8-9-15-16-12-33-20(10-18-17(26(33)34)13-38-27(35)30(18,37)7-2)23(16)31-19-11-21-25(40-14-39-21)24(22(15)19)32-28(36)41-29(3,4)5/h10-11,37H,6-9,12-14H2,1-5H3,(H,32,36)/t30-/m0/s1. The van der Waals surface area contributed by atoms with Gasteiger partial charge in [-0.3, -0.25) is 10.1 Å². The molecule has 0 spiro atoms. The Morgan fingerprint density at radius 1 is 1.17 bits per heavy atom. The van der Waals surface area contributed by atoms with Crippen LogP contribution in [0.2, 0.25) is 0 Å². The number of unbranched alkanes of at least 4 members (excludes halogenated alkanes) is 1. The molecule has 6 rings (SSSR count). The summed E-state index contributed by atoms with van der Waals surface area (Å²) < 4.78 is 23.9. The van der Waals surface area contributed by atoms with Crippen LogP contribution in [0.5, 0.6) is 11.5 Å². The zero-order valence-corrected chi connectivity index (χ0v) is 23.8. The minimum Gasteiger partial charge on any atom is -0.458 e. The van der Waals surface area contributed by atoms with Crippen LogP contribution < -0.4 is 20.3 Å². The topological polar surface area (TPSA) is 138 Å². The van der Waals surface area contributed by atoms with Crippen LogP contribution in [-0.2, 0) is 39.4 Å². The first-order valence-corrected chi connectivity index (χ1v) is 13.9. The number of aromatic nitrogens is 2. The van der Waals surface area contributed by atoms with E-state index in [9.17, 15) is 19.5 Å². The number of aryl methyl sites for hydroxylation is 1. The third-order valence-electron chi connectivity index (χ3n) is 7.83. The van der Waals surface area contributed by atoms with Gasteiger partial charge in [0, 0.05) is 22.6 Å². The number of pyridine rings is 2. The van der Waals surface area contributed by atoms with E-state index in [0.717, 1.165) is 24.0 Å². The number of nitrogens with zero attached hydrogens (tertiary/aromatic N) is 2. The minimum atomic E-state index is -1.91. The number of anilines is 1. The van der Waals surface area contributed by atoms with Gasteiger partial charge in [0.15, 0.2) is 17.1 Å². The van der Waals surface area contributed by atoms with E-state index < -0.39 is 23.3 Å². The van der Waals surface area contributed by atoms with Gasteiger partial charge < -0.3 is 28.6 Å². The van der Waals surface area contributed by atoms with E-state index in [1.54, 1.807) is 44.4 Å². The van der Waals surface area contributed by atoms with Crippen LogP contribution in [0, 0.1) is 0 Å². The molecule has 1 aromatic carbocycles. The molecule has 11 heteroatoms. The smallest absolute Gasteiger partial charge is 0.412 e. The summed E-state index contributed by atoms with van der Waals surface area (Å²) >= 11 is 0. The molecule has 3 aromatic rings. The molecule has 41 heavy (non-hydrogen) atoms. The van der Waals surface area contributed by atoms with Crippen LogP contribution in [0.3, 0.4) is 0 Å². The molecule has 3 aliphatic rings. The van der Waals surface area contributed by atoms with Crippen molar-refractivity contribution in [3.63, 3.8) is 0 Å². The van der Waals surface area contributed by atoms with Crippen LogP contribution in [0.25, 0.3) is 22.3 Å². The highest BCUT2D eigenvalue weighted by molar-refractivity contribution is 6.06. The Morgan fingerprint density at radius 3 is 2.66 bits per heavy atom. The molecule has 216 valence electrons. The van der Waals surface area contributed by atoms with Crippen LogP contribution in [0.15, 0.2) is 16.9 Å². The quantitative estimate of drug-likeness (QED) is 0.336. The summed E-state index contributed by atoms with van der Waals surface area (Å²) in [7, 11) is 0. The Morgan fingerprint density at radius 2 is 1.95 bits per heavy atom. The molecule has 11 nitrogen and oxygen atoms in total. The Hall–Kier alpha value is -4.12. The summed E-state index contributed by atoms with van der Waals surface area (Å²) in [4.78, 5) is 44.2. The highest BCUT2D eigenvalue weighted by Gasteiger charge is 2.45. The lowest BCUT2D eigenvalue weighted by atomic mass is 9.86. The van der Waals surface area contributed by atoms with Crippen molar-refractivity contribution in [1.82, 2.24) is 9.55 Å². The molecule has 5 heterocycles. The molecule has 2 N–H and O–H groups in total. The fraction of sp³-hybridized carbons (Fsp3) is 0.467. The van der Waals surface area contributed by atoms with Gasteiger partial charge in [-0.05, 0) is 51.7 Å². The number of hydrogen-bond acceptors (Lipinski definition) is 9. The number of fused-ring (bicyclic) bond motifs is 6. The van der Waals surface area contributed by atoms with E-state index >= 15 is 0 Å². The maximum atomic E-state index is 13.7. The predicted octanol–water partition coefficient (Wildman–Crippen LogP) is 4.50. The summed E-state index contributed by atoms with van der Waals surface area (Å²) in [5, 5.41) is 14.8. The number of benzene rings is 1. The highest BCUT2D eigenvalue weighted by Crippen LogP contribution is 2.48. The fourth-order valence-corrected chi connectivity index (χ4v) is 5.85. The molecular weight excluding hydrogens is 530 g/mol. The number of carbonyl (C=O) groups excluding carboxylic acids is 2. The Labute approximate surface area is 236 Å². The van der Waals surface area contributed by atoms with Gasteiger partial charge in [0.1, 0.15) is 17.9 Å². The zero-order valence-electron chi connectivity index (χ0n) is 23.8. The predicted molar refractivity (Wildman–Crippen MR) is 149 cm³/mol. The van der Waals surface area contributed by atoms with Crippen molar-refractivity contribution < 1.29 is 33.6 Å². The third kappa shape index (κ3) is 4.21. The van der Waals surface area contributed by atoms with Crippen molar-refractivity contribution in [3.05, 3.63) is 44.7 Å². The third-order valence-corrected chi connectivity index (χ3v) is 7.83. The van der Waals surface area contributed by atoms with Gasteiger partial charge in [0.25, 0.3) is 5.56 Å². The van der Waals surface area contributed by atoms with Gasteiger partial charge in [-0.15, -0.1) is 0 Å². The lowest BCUT2D eigenvalue weighted by Crippen LogP contribution is -2.44. The lowest BCUT2D eigenvalue weighted by Gasteiger charge is -2.31. The SMILES string of the molecule is CCCCc1c2c(nc3cc4c(c(NC(=O)OC(C)(C)C)c13)OCO4)-c1cc3c(c(=O)n1C2)COC(=O)[C@]3(O)CC. The molecule has 0 aliphatic carbocycles. The summed E-state index contributed by atoms with van der Waals surface area (Å²) in [6.07, 6.45) is 1.85. The van der Waals surface area contributed by atoms with Crippen LogP contribution in [-0.4, -0.2) is 39.1 Å². The Kier molecular flexibility index (Phi) is 6.25. The zero-order chi connectivity index (χ0) is 29.3. The molecular formula is C30H33N3O8. The van der Waals surface area contributed by atoms with Gasteiger partial charge >= 0.3 is 12.1 Å². The average molecular weight is 564 g/mol. The lowest BCUT2D eigenvalue weighted by molar-refractivity contribution is -0.172. The molecule has 0 unspecified atom stereocenters. The first-order chi connectivity index (χ1) is 19.5. The minimum absolute atomic E-state index is 0.00523. The maximum absolute atomic E-state index is 13.7. The van der Waals surface area contributed by atoms with E-state index in [1.165, 1.54) is 0 Å². The van der Waals surface area contributed by atoms with E-state index in [1.807, 2.05) is 0 Å². The normalized spacial score (nSPS) is 18.5. The number of cyclic esters (lactones) is 1. The van der Waals surface area contributed by atoms with Crippen molar-refractivity contribution in [3.8, 4) is 22.9 Å². The summed E-state index contributed by atoms with van der Waals surface area (Å²) in [6, 6.07) is 3.47. The molecule has 0 bridgehead atoms. The summed E-state index contributed by atoms with van der Waals surface area (Å²) in [5.41, 5.74) is 1.39. The molecule has 3 aliphatic heterocycles. The van der Waals surface area contributed by atoms with Crippen molar-refractivity contribution in [1.29, 1.82) is 0 Å². The van der Waals surface area contributed by atoms with E-state index in [0.29, 0.717) is 45.9 Å². The molecule has 2 aromatic heterocycles. The van der Waals surface area contributed by atoms with Crippen molar-refractivity contribution in [2.75, 3.05) is 12.1 Å². The number of esters is 1. The first-order valence-electron chi connectivity index (χ1n) is 13.9. The monoisotopic (exact) mass is 563 g/mol. The van der Waals surface area contributed by atoms with E-state index in [-0.39, 0.29) is 43.1 Å². The van der Waals surface area contributed by atoms with Gasteiger partial charge in [-0.1, -0.05) is 20.3 Å². The second-order valence-corrected chi connectivity index (χ2v) is 11.6. The van der Waals surface area contributed by atoms with E-state index in [4.69, 9.17) is 23.9 Å². The number of rotatable bonds is 5. The molecule has 0 saturated heterocycles. The van der Waals surface area contributed by atoms with Crippen LogP contribution in [0.4, 0.5) is 10.5 Å². The molecule has 1 atom stereocenters. The number of hydrogen-bond donors (Lipinski definition) is 2. The number of nitrogens with one attached hydrogen (secondary N) is 1. The molecule has 0 fully saturated rings. The fourth-order valence-electron chi connectivity index (χ4n) is 5.85. The van der Waals surface area contributed by atoms with Crippen LogP contribution in [0.1, 0.15) is 76.1 Å². The Bertz CT molecular complexity index is 1690. The van der Waals surface area contributed by atoms with Gasteiger partial charge in [-0.2, -0.15) is 0 Å². The number of aliphatic hydroxyl groups is 1. The molecule has 0 saturated carbocycles. The Balaban J connectivity index is 1.60. The summed E-state index contributed by atoms with van der Waals surface area (Å²) in [5.74, 6) is 0.0619. The molecule has 1 amide bonds. The maximum Gasteiger partial charge on any atom is 0.412 e. The van der Waals surface area contributed by atoms with Gasteiger partial charge in [0.05, 0.1) is 29.0 Å². The second-order valence-electron chi connectivity index (χ2n) is 11.6. The van der Waals surface area contributed by atoms with E-state index in [2.05, 4.69) is 12.2 Å². The largest absolute Gasteiger partial charge is 0.458 e. The summed E-state index contributed by atoms with van der Waals surface area (Å²) in [6.45, 7) is 9.16. The number of carbonyl (C=O) groups is 2. The first kappa shape index (κ1) is 27.1. The number of amides is 1. The van der Waals surface area contributed by atoms with Crippen molar-refractivity contribution >= 4 is 28.7 Å². The van der Waals surface area contributed by atoms with Crippen molar-refractivity contribution in [2.45, 2.75) is 84.7 Å². The average Bonchev–Trinajstić information content (AvgIpc) is 3.53. The highest BCUT2D eigenvalue weighted by atomic mass is 16.7. The van der Waals surface area contributed by atoms with Gasteiger partial charge in [-0.25, -0.2) is 14.6 Å². The van der Waals surface area contributed by atoms with Crippen molar-refractivity contribution in [2.24, 2.45) is 0 Å².